The molecule has 72 valence electrons. The monoisotopic (exact) mass is 188 g/mol. The van der Waals surface area contributed by atoms with Crippen molar-refractivity contribution < 1.29 is 9.90 Å². The summed E-state index contributed by atoms with van der Waals surface area (Å²) in [6.45, 7) is 3.43. The molecule has 0 saturated heterocycles. The highest BCUT2D eigenvalue weighted by Gasteiger charge is 2.34. The minimum Gasteiger partial charge on any atom is -0.378 e. The van der Waals surface area contributed by atoms with Crippen LogP contribution in [0.15, 0.2) is 30.3 Å². The summed E-state index contributed by atoms with van der Waals surface area (Å²) in [5.74, 6) is -0.223. The maximum absolute atomic E-state index is 11.8. The molecule has 1 aromatic carbocycles. The van der Waals surface area contributed by atoms with Crippen LogP contribution in [0.3, 0.4) is 0 Å². The Balaban J connectivity index is 2.69. The number of hydrogen-bond acceptors (Lipinski definition) is 2. The molecule has 0 radical (unpaired) electrons. The second-order valence-electron chi connectivity index (χ2n) is 3.85. The number of fused-ring (bicyclic) bond motifs is 1. The van der Waals surface area contributed by atoms with Gasteiger partial charge < -0.3 is 5.11 Å². The van der Waals surface area contributed by atoms with Crippen LogP contribution in [0.4, 0.5) is 0 Å². The predicted octanol–water partition coefficient (Wildman–Crippen LogP) is 2.04. The molecule has 1 aromatic rings. The Bertz CT molecular complexity index is 428. The van der Waals surface area contributed by atoms with Gasteiger partial charge in [0.05, 0.1) is 0 Å². The fourth-order valence-corrected chi connectivity index (χ4v) is 1.86. The van der Waals surface area contributed by atoms with Crippen LogP contribution in [0, 0.1) is 0 Å². The molecule has 1 aliphatic carbocycles. The number of carbonyl (C=O) groups excluding carboxylic acids is 1. The van der Waals surface area contributed by atoms with Crippen molar-refractivity contribution in [3.8, 4) is 0 Å². The van der Waals surface area contributed by atoms with Gasteiger partial charge in [0.1, 0.15) is 5.60 Å². The summed E-state index contributed by atoms with van der Waals surface area (Å²) in [6.07, 6.45) is 1.61. The minimum atomic E-state index is -1.35. The van der Waals surface area contributed by atoms with Gasteiger partial charge in [0.2, 0.25) is 0 Å². The quantitative estimate of drug-likeness (QED) is 0.676. The molecule has 14 heavy (non-hydrogen) atoms. The molecule has 2 heteroatoms. The number of rotatable bonds is 0. The second-order valence-corrected chi connectivity index (χ2v) is 3.85. The van der Waals surface area contributed by atoms with Crippen LogP contribution in [-0.4, -0.2) is 16.5 Å². The third-order valence-electron chi connectivity index (χ3n) is 2.55. The van der Waals surface area contributed by atoms with Gasteiger partial charge in [-0.25, -0.2) is 0 Å². The SMILES string of the molecule is CC1=C[C@@](C)(O)C(=O)c2ccccc21. The van der Waals surface area contributed by atoms with Crippen molar-refractivity contribution in [3.63, 3.8) is 0 Å². The van der Waals surface area contributed by atoms with Crippen LogP contribution >= 0.6 is 0 Å². The average Bonchev–Trinajstić information content (AvgIpc) is 2.14. The lowest BCUT2D eigenvalue weighted by atomic mass is 9.82. The molecule has 0 unspecified atom stereocenters. The molecule has 0 amide bonds. The van der Waals surface area contributed by atoms with Crippen molar-refractivity contribution >= 4 is 11.4 Å². The van der Waals surface area contributed by atoms with Gasteiger partial charge >= 0.3 is 0 Å². The number of aliphatic hydroxyl groups is 1. The van der Waals surface area contributed by atoms with Crippen molar-refractivity contribution in [2.24, 2.45) is 0 Å². The smallest absolute Gasteiger partial charge is 0.198 e. The number of allylic oxidation sites excluding steroid dienone is 1. The number of ketones is 1. The lowest BCUT2D eigenvalue weighted by molar-refractivity contribution is 0.0587. The Hall–Kier alpha value is -1.41. The number of hydrogen-bond donors (Lipinski definition) is 1. The van der Waals surface area contributed by atoms with E-state index in [1.807, 2.05) is 25.1 Å². The molecule has 2 nitrogen and oxygen atoms in total. The van der Waals surface area contributed by atoms with E-state index in [1.54, 1.807) is 12.1 Å². The fraction of sp³-hybridized carbons (Fsp3) is 0.250. The minimum absolute atomic E-state index is 0.223. The summed E-state index contributed by atoms with van der Waals surface area (Å²) in [6, 6.07) is 7.35. The van der Waals surface area contributed by atoms with Crippen LogP contribution in [0.5, 0.6) is 0 Å². The number of Topliss-reactive ketones (excluding diaryl/α,β-unsaturated/α-hetero) is 1. The highest BCUT2D eigenvalue weighted by molar-refractivity contribution is 6.10. The molecule has 0 fully saturated rings. The average molecular weight is 188 g/mol. The molecule has 0 aliphatic heterocycles. The zero-order valence-electron chi connectivity index (χ0n) is 8.24. The zero-order chi connectivity index (χ0) is 10.3. The van der Waals surface area contributed by atoms with Crippen molar-refractivity contribution in [1.82, 2.24) is 0 Å². The molecule has 2 rings (SSSR count). The first-order valence-corrected chi connectivity index (χ1v) is 4.58. The normalized spacial score (nSPS) is 25.6. The molecule has 0 spiro atoms. The summed E-state index contributed by atoms with van der Waals surface area (Å²) in [5.41, 5.74) is 1.13. The zero-order valence-corrected chi connectivity index (χ0v) is 8.24. The van der Waals surface area contributed by atoms with Crippen molar-refractivity contribution in [2.75, 3.05) is 0 Å². The predicted molar refractivity (Wildman–Crippen MR) is 55.0 cm³/mol. The molecule has 0 saturated carbocycles. The van der Waals surface area contributed by atoms with Crippen LogP contribution in [0.25, 0.3) is 5.57 Å². The summed E-state index contributed by atoms with van der Waals surface area (Å²) in [4.78, 5) is 11.8. The first-order valence-electron chi connectivity index (χ1n) is 4.58. The maximum Gasteiger partial charge on any atom is 0.198 e. The number of benzene rings is 1. The maximum atomic E-state index is 11.8. The van der Waals surface area contributed by atoms with E-state index in [-0.39, 0.29) is 5.78 Å². The van der Waals surface area contributed by atoms with Gasteiger partial charge in [0.25, 0.3) is 0 Å². The largest absolute Gasteiger partial charge is 0.378 e. The molecular formula is C12H12O2. The summed E-state index contributed by atoms with van der Waals surface area (Å²) in [5, 5.41) is 9.83. The van der Waals surface area contributed by atoms with E-state index < -0.39 is 5.60 Å². The standard InChI is InChI=1S/C12H12O2/c1-8-7-12(2,14)11(13)10-6-4-3-5-9(8)10/h3-7,14H,1-2H3/t12-/m1/s1. The van der Waals surface area contributed by atoms with Gasteiger partial charge in [-0.2, -0.15) is 0 Å². The lowest BCUT2D eigenvalue weighted by Gasteiger charge is -2.25. The highest BCUT2D eigenvalue weighted by Crippen LogP contribution is 2.30. The summed E-state index contributed by atoms with van der Waals surface area (Å²) < 4.78 is 0. The van der Waals surface area contributed by atoms with E-state index in [2.05, 4.69) is 0 Å². The van der Waals surface area contributed by atoms with Crippen molar-refractivity contribution in [2.45, 2.75) is 19.4 Å². The molecule has 0 heterocycles. The molecule has 1 atom stereocenters. The molecule has 1 N–H and O–H groups in total. The topological polar surface area (TPSA) is 37.3 Å². The van der Waals surface area contributed by atoms with Gasteiger partial charge in [-0.05, 0) is 31.1 Å². The number of carbonyl (C=O) groups is 1. The van der Waals surface area contributed by atoms with Gasteiger partial charge in [-0.3, -0.25) is 4.79 Å². The van der Waals surface area contributed by atoms with E-state index in [4.69, 9.17) is 0 Å². The van der Waals surface area contributed by atoms with E-state index in [1.165, 1.54) is 6.92 Å². The van der Waals surface area contributed by atoms with Crippen LogP contribution in [0.2, 0.25) is 0 Å². The second kappa shape index (κ2) is 2.79. The summed E-state index contributed by atoms with van der Waals surface area (Å²) in [7, 11) is 0. The molecule has 1 aliphatic rings. The third-order valence-corrected chi connectivity index (χ3v) is 2.55. The fourth-order valence-electron chi connectivity index (χ4n) is 1.86. The Labute approximate surface area is 82.9 Å². The van der Waals surface area contributed by atoms with Gasteiger partial charge in [-0.1, -0.05) is 24.3 Å². The van der Waals surface area contributed by atoms with Crippen LogP contribution in [0.1, 0.15) is 29.8 Å². The van der Waals surface area contributed by atoms with Crippen molar-refractivity contribution in [1.29, 1.82) is 0 Å². The van der Waals surface area contributed by atoms with Crippen LogP contribution in [-0.2, 0) is 0 Å². The molecule has 0 aromatic heterocycles. The molecular weight excluding hydrogens is 176 g/mol. The van der Waals surface area contributed by atoms with E-state index in [9.17, 15) is 9.90 Å². The lowest BCUT2D eigenvalue weighted by Crippen LogP contribution is -2.36. The van der Waals surface area contributed by atoms with E-state index in [0.717, 1.165) is 11.1 Å². The Morgan fingerprint density at radius 1 is 1.21 bits per heavy atom. The summed E-state index contributed by atoms with van der Waals surface area (Å²) >= 11 is 0. The highest BCUT2D eigenvalue weighted by atomic mass is 16.3. The van der Waals surface area contributed by atoms with Gasteiger partial charge in [-0.15, -0.1) is 0 Å². The Morgan fingerprint density at radius 3 is 2.43 bits per heavy atom. The first kappa shape index (κ1) is 9.16. The van der Waals surface area contributed by atoms with Gasteiger partial charge in [0.15, 0.2) is 5.78 Å². The van der Waals surface area contributed by atoms with Crippen LogP contribution < -0.4 is 0 Å². The Morgan fingerprint density at radius 2 is 1.79 bits per heavy atom. The first-order chi connectivity index (χ1) is 6.52. The van der Waals surface area contributed by atoms with E-state index in [0.29, 0.717) is 5.56 Å². The third kappa shape index (κ3) is 1.19. The molecule has 0 bridgehead atoms. The van der Waals surface area contributed by atoms with Gasteiger partial charge in [0, 0.05) is 5.56 Å². The Kier molecular flexibility index (Phi) is 1.82. The van der Waals surface area contributed by atoms with E-state index >= 15 is 0 Å². The van der Waals surface area contributed by atoms with Crippen molar-refractivity contribution in [3.05, 3.63) is 41.5 Å².